The Kier molecular flexibility index (Phi) is 32.4. The van der Waals surface area contributed by atoms with Crippen LogP contribution in [0.25, 0.3) is 0 Å². The SMILES string of the molecule is CCCCCCCCCCCCCOCCOCCOCCOCCOCCOS(=O)(=O)[O-].[Na+]. The van der Waals surface area contributed by atoms with Crippen LogP contribution in [0.3, 0.4) is 0 Å². The fraction of sp³-hybridized carbons (Fsp3) is 1.00. The van der Waals surface area contributed by atoms with E-state index in [9.17, 15) is 13.0 Å². The van der Waals surface area contributed by atoms with E-state index in [0.29, 0.717) is 46.2 Å². The van der Waals surface area contributed by atoms with Gasteiger partial charge in [-0.25, -0.2) is 8.42 Å². The summed E-state index contributed by atoms with van der Waals surface area (Å²) in [6.45, 7) is 6.52. The average Bonchev–Trinajstić information content (AvgIpc) is 2.78. The summed E-state index contributed by atoms with van der Waals surface area (Å²) in [6.07, 6.45) is 14.7. The van der Waals surface area contributed by atoms with Gasteiger partial charge in [0.05, 0.1) is 66.1 Å². The van der Waals surface area contributed by atoms with Gasteiger partial charge in [0.1, 0.15) is 0 Å². The van der Waals surface area contributed by atoms with Gasteiger partial charge < -0.3 is 28.2 Å². The molecule has 0 aromatic heterocycles. The first-order valence-corrected chi connectivity index (χ1v) is 13.9. The molecule has 0 spiro atoms. The zero-order valence-corrected chi connectivity index (χ0v) is 24.5. The molecule has 0 bridgehead atoms. The van der Waals surface area contributed by atoms with Gasteiger partial charge in [-0.3, -0.25) is 4.18 Å². The third-order valence-corrected chi connectivity index (χ3v) is 5.29. The predicted molar refractivity (Wildman–Crippen MR) is 126 cm³/mol. The fourth-order valence-corrected chi connectivity index (χ4v) is 3.32. The predicted octanol–water partition coefficient (Wildman–Crippen LogP) is 0.861. The van der Waals surface area contributed by atoms with Crippen LogP contribution < -0.4 is 29.6 Å². The van der Waals surface area contributed by atoms with E-state index in [1.807, 2.05) is 0 Å². The minimum absolute atomic E-state index is 0. The van der Waals surface area contributed by atoms with Crippen LogP contribution in [0.5, 0.6) is 0 Å². The Labute approximate surface area is 230 Å². The molecule has 11 heteroatoms. The number of unbranched alkanes of at least 4 members (excludes halogenated alkanes) is 10. The maximum Gasteiger partial charge on any atom is 1.00 e. The zero-order valence-electron chi connectivity index (χ0n) is 21.6. The minimum Gasteiger partial charge on any atom is -0.726 e. The summed E-state index contributed by atoms with van der Waals surface area (Å²) in [5, 5.41) is 0. The topological polar surface area (TPSA) is 113 Å². The Bertz CT molecular complexity index is 481. The Balaban J connectivity index is 0. The van der Waals surface area contributed by atoms with Crippen molar-refractivity contribution < 1.29 is 70.4 Å². The standard InChI is InChI=1S/C23H48O9S.Na/c1-2-3-4-5-6-7-8-9-10-11-12-13-27-14-15-28-16-17-29-18-19-30-20-21-31-22-23-32-33(24,25)26;/h2-23H2,1H3,(H,24,25,26);/q;+1/p-1. The maximum atomic E-state index is 10.2. The molecule has 0 aliphatic carbocycles. The molecule has 0 unspecified atom stereocenters. The van der Waals surface area contributed by atoms with E-state index in [0.717, 1.165) is 13.0 Å². The number of rotatable bonds is 28. The van der Waals surface area contributed by atoms with Crippen molar-refractivity contribution in [3.05, 3.63) is 0 Å². The first-order chi connectivity index (χ1) is 16.1. The maximum absolute atomic E-state index is 10.2. The van der Waals surface area contributed by atoms with E-state index < -0.39 is 10.4 Å². The first-order valence-electron chi connectivity index (χ1n) is 12.5. The van der Waals surface area contributed by atoms with Gasteiger partial charge in [0.2, 0.25) is 10.4 Å². The molecule has 0 amide bonds. The molecule has 0 saturated carbocycles. The van der Waals surface area contributed by atoms with Crippen molar-refractivity contribution in [2.24, 2.45) is 0 Å². The quantitative estimate of drug-likeness (QED) is 0.0639. The summed E-state index contributed by atoms with van der Waals surface area (Å²) in [6, 6.07) is 0. The van der Waals surface area contributed by atoms with E-state index >= 15 is 0 Å². The molecule has 0 fully saturated rings. The van der Waals surface area contributed by atoms with Crippen LogP contribution in [0, 0.1) is 0 Å². The molecule has 0 aromatic carbocycles. The van der Waals surface area contributed by atoms with E-state index in [2.05, 4.69) is 11.1 Å². The smallest absolute Gasteiger partial charge is 0.726 e. The van der Waals surface area contributed by atoms with Crippen molar-refractivity contribution in [3.8, 4) is 0 Å². The van der Waals surface area contributed by atoms with Gasteiger partial charge >= 0.3 is 29.6 Å². The van der Waals surface area contributed by atoms with Crippen LogP contribution in [0.1, 0.15) is 77.6 Å². The van der Waals surface area contributed by atoms with Gasteiger partial charge in [0, 0.05) is 6.61 Å². The summed E-state index contributed by atoms with van der Waals surface area (Å²) >= 11 is 0. The summed E-state index contributed by atoms with van der Waals surface area (Å²) in [5.41, 5.74) is 0. The molecule has 0 aliphatic rings. The van der Waals surface area contributed by atoms with Crippen molar-refractivity contribution in [2.75, 3.05) is 72.7 Å². The van der Waals surface area contributed by atoms with Gasteiger partial charge in [-0.05, 0) is 6.42 Å². The molecule has 0 aromatic rings. The van der Waals surface area contributed by atoms with Crippen molar-refractivity contribution >= 4 is 10.4 Å². The summed E-state index contributed by atoms with van der Waals surface area (Å²) in [4.78, 5) is 0. The molecule has 0 rings (SSSR count). The van der Waals surface area contributed by atoms with Crippen LogP contribution >= 0.6 is 0 Å². The van der Waals surface area contributed by atoms with E-state index in [1.54, 1.807) is 0 Å². The molecule has 0 aliphatic heterocycles. The second-order valence-electron chi connectivity index (χ2n) is 7.83. The van der Waals surface area contributed by atoms with E-state index in [1.165, 1.54) is 64.2 Å². The van der Waals surface area contributed by atoms with Gasteiger partial charge in [0.15, 0.2) is 0 Å². The number of ether oxygens (including phenoxy) is 5. The van der Waals surface area contributed by atoms with Gasteiger partial charge in [-0.2, -0.15) is 0 Å². The third kappa shape index (κ3) is 34.8. The Morgan fingerprint density at radius 2 is 0.765 bits per heavy atom. The first kappa shape index (κ1) is 36.8. The van der Waals surface area contributed by atoms with Crippen molar-refractivity contribution in [3.63, 3.8) is 0 Å². The molecule has 0 heterocycles. The Morgan fingerprint density at radius 1 is 0.471 bits per heavy atom. The fourth-order valence-electron chi connectivity index (χ4n) is 3.05. The second kappa shape index (κ2) is 29.9. The van der Waals surface area contributed by atoms with Gasteiger partial charge in [-0.15, -0.1) is 0 Å². The van der Waals surface area contributed by atoms with Crippen molar-refractivity contribution in [1.82, 2.24) is 0 Å². The molecule has 34 heavy (non-hydrogen) atoms. The van der Waals surface area contributed by atoms with Crippen LogP contribution in [0.15, 0.2) is 0 Å². The van der Waals surface area contributed by atoms with E-state index in [4.69, 9.17) is 23.7 Å². The van der Waals surface area contributed by atoms with Crippen LogP contribution in [-0.4, -0.2) is 85.6 Å². The summed E-state index contributed by atoms with van der Waals surface area (Å²) in [5.74, 6) is 0. The molecular formula is C23H47NaO9S. The molecule has 200 valence electrons. The summed E-state index contributed by atoms with van der Waals surface area (Å²) < 4.78 is 61.3. The zero-order chi connectivity index (χ0) is 24.3. The van der Waals surface area contributed by atoms with Gasteiger partial charge in [0.25, 0.3) is 0 Å². The summed E-state index contributed by atoms with van der Waals surface area (Å²) in [7, 11) is -4.65. The molecule has 9 nitrogen and oxygen atoms in total. The van der Waals surface area contributed by atoms with Crippen LogP contribution in [0.2, 0.25) is 0 Å². The van der Waals surface area contributed by atoms with Crippen molar-refractivity contribution in [1.29, 1.82) is 0 Å². The molecule has 0 N–H and O–H groups in total. The Hall–Kier alpha value is 0.670. The molecule has 0 saturated heterocycles. The normalized spacial score (nSPS) is 11.6. The minimum atomic E-state index is -4.65. The van der Waals surface area contributed by atoms with Crippen LogP contribution in [-0.2, 0) is 38.3 Å². The third-order valence-electron chi connectivity index (χ3n) is 4.84. The Morgan fingerprint density at radius 3 is 1.12 bits per heavy atom. The molecule has 0 radical (unpaired) electrons. The molecule has 0 atom stereocenters. The average molecular weight is 523 g/mol. The van der Waals surface area contributed by atoms with Crippen LogP contribution in [0.4, 0.5) is 0 Å². The van der Waals surface area contributed by atoms with Gasteiger partial charge in [-0.1, -0.05) is 71.1 Å². The monoisotopic (exact) mass is 522 g/mol. The van der Waals surface area contributed by atoms with E-state index in [-0.39, 0.29) is 49.4 Å². The largest absolute Gasteiger partial charge is 1.00 e. The molecular weight excluding hydrogens is 475 g/mol. The second-order valence-corrected chi connectivity index (χ2v) is 8.88. The van der Waals surface area contributed by atoms with Crippen molar-refractivity contribution in [2.45, 2.75) is 77.6 Å². The number of hydrogen-bond donors (Lipinski definition) is 0. The number of hydrogen-bond acceptors (Lipinski definition) is 9.